The summed E-state index contributed by atoms with van der Waals surface area (Å²) >= 11 is 0. The molecule has 0 bridgehead atoms. The van der Waals surface area contributed by atoms with E-state index in [1.165, 1.54) is 13.3 Å². The number of carbonyl (C=O) groups excluding carboxylic acids is 2. The molecule has 0 saturated carbocycles. The van der Waals surface area contributed by atoms with Gasteiger partial charge in [-0.2, -0.15) is 0 Å². The average Bonchev–Trinajstić information content (AvgIpc) is 2.66. The van der Waals surface area contributed by atoms with E-state index < -0.39 is 24.0 Å². The minimum atomic E-state index is -1.06. The third-order valence-electron chi connectivity index (χ3n) is 4.04. The van der Waals surface area contributed by atoms with Crippen LogP contribution in [0.4, 0.5) is 0 Å². The molecule has 1 aromatic carbocycles. The van der Waals surface area contributed by atoms with Crippen molar-refractivity contribution in [1.29, 1.82) is 0 Å². The fourth-order valence-corrected chi connectivity index (χ4v) is 2.46. The van der Waals surface area contributed by atoms with Crippen LogP contribution >= 0.6 is 0 Å². The maximum atomic E-state index is 12.5. The highest BCUT2D eigenvalue weighted by atomic mass is 16.3. The van der Waals surface area contributed by atoms with Crippen LogP contribution in [-0.4, -0.2) is 45.6 Å². The summed E-state index contributed by atoms with van der Waals surface area (Å²) in [6, 6.07) is 9.91. The number of aliphatic hydroxyl groups excluding tert-OH is 1. The van der Waals surface area contributed by atoms with Crippen molar-refractivity contribution < 1.29 is 14.7 Å². The zero-order valence-electron chi connectivity index (χ0n) is 15.8. The van der Waals surface area contributed by atoms with Crippen LogP contribution in [-0.2, 0) is 4.79 Å². The summed E-state index contributed by atoms with van der Waals surface area (Å²) in [7, 11) is 0. The average molecular weight is 370 g/mol. The summed E-state index contributed by atoms with van der Waals surface area (Å²) < 4.78 is 0. The molecule has 1 aromatic heterocycles. The van der Waals surface area contributed by atoms with Gasteiger partial charge in [0.15, 0.2) is 0 Å². The first kappa shape index (κ1) is 20.5. The Morgan fingerprint density at radius 2 is 1.81 bits per heavy atom. The lowest BCUT2D eigenvalue weighted by atomic mass is 10.1. The first-order chi connectivity index (χ1) is 12.9. The number of nitrogens with zero attached hydrogens (tertiary/aromatic N) is 2. The van der Waals surface area contributed by atoms with Crippen LogP contribution in [0.15, 0.2) is 42.7 Å². The molecule has 27 heavy (non-hydrogen) atoms. The topological polar surface area (TPSA) is 104 Å². The Kier molecular flexibility index (Phi) is 7.43. The molecule has 0 spiro atoms. The first-order valence-electron chi connectivity index (χ1n) is 9.02. The predicted molar refractivity (Wildman–Crippen MR) is 103 cm³/mol. The van der Waals surface area contributed by atoms with Crippen LogP contribution in [0.5, 0.6) is 0 Å². The molecule has 0 unspecified atom stereocenters. The van der Waals surface area contributed by atoms with Gasteiger partial charge in [-0.05, 0) is 25.3 Å². The highest BCUT2D eigenvalue weighted by Gasteiger charge is 2.26. The molecule has 3 N–H and O–H groups in total. The number of carbonyl (C=O) groups is 2. The van der Waals surface area contributed by atoms with Gasteiger partial charge in [0, 0.05) is 12.1 Å². The Bertz CT molecular complexity index is 763. The SMILES string of the molecule is CC(C)CCNC(=O)[C@@H](NC(=O)c1cc(-c2ccccc2)ncn1)[C@@H](C)O. The van der Waals surface area contributed by atoms with E-state index in [0.29, 0.717) is 18.2 Å². The van der Waals surface area contributed by atoms with Crippen molar-refractivity contribution in [3.05, 3.63) is 48.4 Å². The molecular formula is C20H26N4O3. The van der Waals surface area contributed by atoms with E-state index in [9.17, 15) is 14.7 Å². The van der Waals surface area contributed by atoms with E-state index in [1.807, 2.05) is 30.3 Å². The lowest BCUT2D eigenvalue weighted by Gasteiger charge is -2.21. The van der Waals surface area contributed by atoms with Crippen LogP contribution in [0.1, 0.15) is 37.7 Å². The second kappa shape index (κ2) is 9.78. The van der Waals surface area contributed by atoms with Crippen LogP contribution in [0.2, 0.25) is 0 Å². The molecule has 2 atom stereocenters. The van der Waals surface area contributed by atoms with E-state index >= 15 is 0 Å². The summed E-state index contributed by atoms with van der Waals surface area (Å²) in [5, 5.41) is 15.2. The van der Waals surface area contributed by atoms with Gasteiger partial charge in [0.1, 0.15) is 18.1 Å². The van der Waals surface area contributed by atoms with Gasteiger partial charge in [0.25, 0.3) is 5.91 Å². The Morgan fingerprint density at radius 3 is 2.44 bits per heavy atom. The van der Waals surface area contributed by atoms with Gasteiger partial charge in [0.2, 0.25) is 5.91 Å². The van der Waals surface area contributed by atoms with Crippen molar-refractivity contribution in [2.75, 3.05) is 6.54 Å². The fraction of sp³-hybridized carbons (Fsp3) is 0.400. The van der Waals surface area contributed by atoms with Gasteiger partial charge in [-0.1, -0.05) is 44.2 Å². The van der Waals surface area contributed by atoms with Crippen molar-refractivity contribution >= 4 is 11.8 Å². The van der Waals surface area contributed by atoms with Gasteiger partial charge >= 0.3 is 0 Å². The molecule has 0 saturated heterocycles. The normalized spacial score (nSPS) is 13.1. The number of hydrogen-bond donors (Lipinski definition) is 3. The standard InChI is InChI=1S/C20H26N4O3/c1-13(2)9-10-21-20(27)18(14(3)25)24-19(26)17-11-16(22-12-23-17)15-7-5-4-6-8-15/h4-8,11-14,18,25H,9-10H2,1-3H3,(H,21,27)(H,24,26)/t14-,18+/m1/s1. The number of benzene rings is 1. The summed E-state index contributed by atoms with van der Waals surface area (Å²) in [5.41, 5.74) is 1.59. The molecule has 7 heteroatoms. The van der Waals surface area contributed by atoms with Crippen molar-refractivity contribution in [2.45, 2.75) is 39.3 Å². The summed E-state index contributed by atoms with van der Waals surface area (Å²) in [4.78, 5) is 33.0. The second-order valence-corrected chi connectivity index (χ2v) is 6.82. The van der Waals surface area contributed by atoms with Gasteiger partial charge in [-0.15, -0.1) is 0 Å². The third kappa shape index (κ3) is 6.14. The zero-order chi connectivity index (χ0) is 19.8. The number of rotatable bonds is 8. The quantitative estimate of drug-likeness (QED) is 0.657. The van der Waals surface area contributed by atoms with Crippen LogP contribution in [0.25, 0.3) is 11.3 Å². The van der Waals surface area contributed by atoms with E-state index in [-0.39, 0.29) is 5.69 Å². The fourth-order valence-electron chi connectivity index (χ4n) is 2.46. The Hall–Kier alpha value is -2.80. The molecule has 0 fully saturated rings. The molecule has 0 aliphatic heterocycles. The lowest BCUT2D eigenvalue weighted by Crippen LogP contribution is -2.52. The summed E-state index contributed by atoms with van der Waals surface area (Å²) in [6.07, 6.45) is 1.08. The van der Waals surface area contributed by atoms with Gasteiger partial charge < -0.3 is 15.7 Å². The van der Waals surface area contributed by atoms with Crippen molar-refractivity contribution in [3.8, 4) is 11.3 Å². The zero-order valence-corrected chi connectivity index (χ0v) is 15.8. The number of aromatic nitrogens is 2. The second-order valence-electron chi connectivity index (χ2n) is 6.82. The molecule has 1 heterocycles. The molecule has 0 aliphatic carbocycles. The Balaban J connectivity index is 2.08. The van der Waals surface area contributed by atoms with Crippen LogP contribution < -0.4 is 10.6 Å². The van der Waals surface area contributed by atoms with E-state index in [0.717, 1.165) is 12.0 Å². The van der Waals surface area contributed by atoms with E-state index in [2.05, 4.69) is 34.4 Å². The largest absolute Gasteiger partial charge is 0.391 e. The van der Waals surface area contributed by atoms with Gasteiger partial charge in [-0.25, -0.2) is 9.97 Å². The predicted octanol–water partition coefficient (Wildman–Crippen LogP) is 1.79. The van der Waals surface area contributed by atoms with Crippen molar-refractivity contribution in [1.82, 2.24) is 20.6 Å². The maximum Gasteiger partial charge on any atom is 0.270 e. The molecule has 2 aromatic rings. The number of nitrogens with one attached hydrogen (secondary N) is 2. The molecule has 0 radical (unpaired) electrons. The highest BCUT2D eigenvalue weighted by Crippen LogP contribution is 2.16. The number of amides is 2. The van der Waals surface area contributed by atoms with Crippen LogP contribution in [0, 0.1) is 5.92 Å². The van der Waals surface area contributed by atoms with Gasteiger partial charge in [0.05, 0.1) is 11.8 Å². The summed E-state index contributed by atoms with van der Waals surface area (Å²) in [5.74, 6) is -0.516. The highest BCUT2D eigenvalue weighted by molar-refractivity contribution is 5.96. The van der Waals surface area contributed by atoms with E-state index in [4.69, 9.17) is 0 Å². The number of aliphatic hydroxyl groups is 1. The molecule has 144 valence electrons. The van der Waals surface area contributed by atoms with Gasteiger partial charge in [-0.3, -0.25) is 9.59 Å². The smallest absolute Gasteiger partial charge is 0.270 e. The summed E-state index contributed by atoms with van der Waals surface area (Å²) in [6.45, 7) is 6.06. The Morgan fingerprint density at radius 1 is 1.11 bits per heavy atom. The molecule has 0 aliphatic rings. The third-order valence-corrected chi connectivity index (χ3v) is 4.04. The minimum absolute atomic E-state index is 0.129. The van der Waals surface area contributed by atoms with Crippen LogP contribution in [0.3, 0.4) is 0 Å². The van der Waals surface area contributed by atoms with E-state index in [1.54, 1.807) is 6.07 Å². The first-order valence-corrected chi connectivity index (χ1v) is 9.02. The maximum absolute atomic E-state index is 12.5. The lowest BCUT2D eigenvalue weighted by molar-refractivity contribution is -0.125. The van der Waals surface area contributed by atoms with Crippen molar-refractivity contribution in [3.63, 3.8) is 0 Å². The number of hydrogen-bond acceptors (Lipinski definition) is 5. The molecular weight excluding hydrogens is 344 g/mol. The monoisotopic (exact) mass is 370 g/mol. The molecule has 7 nitrogen and oxygen atoms in total. The van der Waals surface area contributed by atoms with Crippen molar-refractivity contribution in [2.24, 2.45) is 5.92 Å². The minimum Gasteiger partial charge on any atom is -0.391 e. The molecule has 2 rings (SSSR count). The molecule has 2 amide bonds. The Labute approximate surface area is 159 Å².